The molecule has 0 unspecified atom stereocenters. The molecule has 0 spiro atoms. The Labute approximate surface area is 160 Å². The highest BCUT2D eigenvalue weighted by molar-refractivity contribution is 5.94. The predicted molar refractivity (Wildman–Crippen MR) is 103 cm³/mol. The normalized spacial score (nSPS) is 11.8. The van der Waals surface area contributed by atoms with Crippen LogP contribution >= 0.6 is 0 Å². The number of hydrogen-bond acceptors (Lipinski definition) is 5. The van der Waals surface area contributed by atoms with Crippen LogP contribution in [-0.2, 0) is 9.47 Å². The fourth-order valence-corrected chi connectivity index (χ4v) is 2.44. The summed E-state index contributed by atoms with van der Waals surface area (Å²) in [6.45, 7) is 3.06. The second-order valence-electron chi connectivity index (χ2n) is 5.96. The number of ether oxygens (including phenoxy) is 3. The SMILES string of the molecule is CCOCOC[C@H](CCCO)NC(=O)c1ccc(Oc2ccccc2)cc1. The first-order chi connectivity index (χ1) is 13.2. The van der Waals surface area contributed by atoms with Crippen molar-refractivity contribution in [2.75, 3.05) is 26.6 Å². The van der Waals surface area contributed by atoms with Crippen LogP contribution in [0, 0.1) is 0 Å². The molecule has 0 radical (unpaired) electrons. The van der Waals surface area contributed by atoms with E-state index in [1.165, 1.54) is 0 Å². The zero-order valence-electron chi connectivity index (χ0n) is 15.6. The average molecular weight is 373 g/mol. The first-order valence-electron chi connectivity index (χ1n) is 9.13. The van der Waals surface area contributed by atoms with Crippen molar-refractivity contribution in [3.8, 4) is 11.5 Å². The lowest BCUT2D eigenvalue weighted by molar-refractivity contribution is -0.0558. The van der Waals surface area contributed by atoms with E-state index in [0.29, 0.717) is 37.4 Å². The van der Waals surface area contributed by atoms with Gasteiger partial charge in [0.15, 0.2) is 0 Å². The van der Waals surface area contributed by atoms with E-state index in [1.54, 1.807) is 24.3 Å². The zero-order valence-corrected chi connectivity index (χ0v) is 15.6. The van der Waals surface area contributed by atoms with Crippen molar-refractivity contribution in [3.05, 3.63) is 60.2 Å². The highest BCUT2D eigenvalue weighted by Gasteiger charge is 2.14. The molecule has 0 aromatic heterocycles. The lowest BCUT2D eigenvalue weighted by atomic mass is 10.1. The van der Waals surface area contributed by atoms with E-state index in [1.807, 2.05) is 37.3 Å². The number of nitrogens with one attached hydrogen (secondary N) is 1. The van der Waals surface area contributed by atoms with Gasteiger partial charge in [0.2, 0.25) is 0 Å². The second kappa shape index (κ2) is 12.1. The molecular weight excluding hydrogens is 346 g/mol. The Morgan fingerprint density at radius 1 is 1.04 bits per heavy atom. The zero-order chi connectivity index (χ0) is 19.3. The molecule has 2 aromatic carbocycles. The number of amides is 1. The van der Waals surface area contributed by atoms with Gasteiger partial charge >= 0.3 is 0 Å². The number of aliphatic hydroxyl groups excluding tert-OH is 1. The van der Waals surface area contributed by atoms with E-state index in [4.69, 9.17) is 19.3 Å². The lowest BCUT2D eigenvalue weighted by Gasteiger charge is -2.18. The van der Waals surface area contributed by atoms with Crippen molar-refractivity contribution in [1.82, 2.24) is 5.32 Å². The fourth-order valence-electron chi connectivity index (χ4n) is 2.44. The van der Waals surface area contributed by atoms with Gasteiger partial charge in [-0.15, -0.1) is 0 Å². The summed E-state index contributed by atoms with van der Waals surface area (Å²) in [5.74, 6) is 1.21. The van der Waals surface area contributed by atoms with E-state index in [0.717, 1.165) is 5.75 Å². The van der Waals surface area contributed by atoms with Crippen LogP contribution in [-0.4, -0.2) is 43.7 Å². The summed E-state index contributed by atoms with van der Waals surface area (Å²) in [5.41, 5.74) is 0.536. The van der Waals surface area contributed by atoms with Crippen molar-refractivity contribution in [3.63, 3.8) is 0 Å². The predicted octanol–water partition coefficient (Wildman–Crippen LogP) is 3.36. The largest absolute Gasteiger partial charge is 0.457 e. The summed E-state index contributed by atoms with van der Waals surface area (Å²) >= 11 is 0. The molecule has 0 heterocycles. The molecule has 6 nitrogen and oxygen atoms in total. The fraction of sp³-hybridized carbons (Fsp3) is 0.381. The molecule has 0 saturated heterocycles. The van der Waals surface area contributed by atoms with Crippen LogP contribution in [0.1, 0.15) is 30.1 Å². The molecule has 27 heavy (non-hydrogen) atoms. The molecule has 2 rings (SSSR count). The van der Waals surface area contributed by atoms with Crippen LogP contribution in [0.15, 0.2) is 54.6 Å². The summed E-state index contributed by atoms with van der Waals surface area (Å²) in [5, 5.41) is 12.0. The highest BCUT2D eigenvalue weighted by atomic mass is 16.7. The van der Waals surface area contributed by atoms with Gasteiger partial charge in [0.25, 0.3) is 5.91 Å². The maximum atomic E-state index is 12.5. The van der Waals surface area contributed by atoms with Crippen molar-refractivity contribution < 1.29 is 24.1 Å². The standard InChI is InChI=1S/C21H27NO5/c1-2-25-16-26-15-18(7-6-14-23)22-21(24)17-10-12-20(13-11-17)27-19-8-4-3-5-9-19/h3-5,8-13,18,23H,2,6-7,14-16H2,1H3,(H,22,24)/t18-/m0/s1. The second-order valence-corrected chi connectivity index (χ2v) is 5.96. The van der Waals surface area contributed by atoms with Crippen molar-refractivity contribution >= 4 is 5.91 Å². The monoisotopic (exact) mass is 373 g/mol. The number of benzene rings is 2. The summed E-state index contributed by atoms with van der Waals surface area (Å²) in [6.07, 6.45) is 1.22. The highest BCUT2D eigenvalue weighted by Crippen LogP contribution is 2.21. The number of carbonyl (C=O) groups excluding carboxylic acids is 1. The number of hydrogen-bond donors (Lipinski definition) is 2. The molecule has 0 aliphatic carbocycles. The van der Waals surface area contributed by atoms with Crippen LogP contribution in [0.25, 0.3) is 0 Å². The molecule has 0 bridgehead atoms. The quantitative estimate of drug-likeness (QED) is 0.441. The molecule has 146 valence electrons. The Balaban J connectivity index is 1.89. The molecule has 0 saturated carbocycles. The van der Waals surface area contributed by atoms with Gasteiger partial charge in [0.1, 0.15) is 18.3 Å². The smallest absolute Gasteiger partial charge is 0.251 e. The molecule has 1 amide bonds. The molecule has 0 aliphatic rings. The Morgan fingerprint density at radius 3 is 2.41 bits per heavy atom. The molecule has 0 aliphatic heterocycles. The van der Waals surface area contributed by atoms with Crippen LogP contribution in [0.3, 0.4) is 0 Å². The number of aliphatic hydroxyl groups is 1. The summed E-state index contributed by atoms with van der Waals surface area (Å²) in [7, 11) is 0. The number of rotatable bonds is 12. The molecule has 6 heteroatoms. The summed E-state index contributed by atoms with van der Waals surface area (Å²) in [4.78, 5) is 12.5. The van der Waals surface area contributed by atoms with Gasteiger partial charge in [-0.3, -0.25) is 4.79 Å². The van der Waals surface area contributed by atoms with E-state index in [9.17, 15) is 4.79 Å². The van der Waals surface area contributed by atoms with Gasteiger partial charge in [-0.2, -0.15) is 0 Å². The Bertz CT molecular complexity index is 660. The van der Waals surface area contributed by atoms with Crippen LogP contribution in [0.2, 0.25) is 0 Å². The van der Waals surface area contributed by atoms with E-state index < -0.39 is 0 Å². The van der Waals surface area contributed by atoms with Crippen LogP contribution < -0.4 is 10.1 Å². The van der Waals surface area contributed by atoms with Crippen molar-refractivity contribution in [2.24, 2.45) is 0 Å². The van der Waals surface area contributed by atoms with Crippen molar-refractivity contribution in [2.45, 2.75) is 25.8 Å². The van der Waals surface area contributed by atoms with Gasteiger partial charge in [-0.25, -0.2) is 0 Å². The van der Waals surface area contributed by atoms with E-state index in [2.05, 4.69) is 5.32 Å². The Kier molecular flexibility index (Phi) is 9.34. The molecule has 2 aromatic rings. The number of para-hydroxylation sites is 1. The molecular formula is C21H27NO5. The third-order valence-corrected chi connectivity index (χ3v) is 3.83. The maximum Gasteiger partial charge on any atom is 0.251 e. The van der Waals surface area contributed by atoms with Crippen LogP contribution in [0.5, 0.6) is 11.5 Å². The van der Waals surface area contributed by atoms with Gasteiger partial charge in [0.05, 0.1) is 12.6 Å². The third kappa shape index (κ3) is 7.78. The number of carbonyl (C=O) groups is 1. The van der Waals surface area contributed by atoms with Crippen molar-refractivity contribution in [1.29, 1.82) is 0 Å². The first kappa shape index (κ1) is 20.9. The van der Waals surface area contributed by atoms with Crippen LogP contribution in [0.4, 0.5) is 0 Å². The van der Waals surface area contributed by atoms with Gasteiger partial charge in [-0.05, 0) is 56.2 Å². The van der Waals surface area contributed by atoms with E-state index in [-0.39, 0.29) is 25.3 Å². The van der Waals surface area contributed by atoms with E-state index >= 15 is 0 Å². The molecule has 2 N–H and O–H groups in total. The van der Waals surface area contributed by atoms with Gasteiger partial charge < -0.3 is 24.6 Å². The lowest BCUT2D eigenvalue weighted by Crippen LogP contribution is -2.38. The average Bonchev–Trinajstić information content (AvgIpc) is 2.70. The summed E-state index contributed by atoms with van der Waals surface area (Å²) < 4.78 is 16.3. The molecule has 0 fully saturated rings. The summed E-state index contributed by atoms with van der Waals surface area (Å²) in [6, 6.07) is 16.2. The minimum Gasteiger partial charge on any atom is -0.457 e. The Hall–Kier alpha value is -2.41. The molecule has 1 atom stereocenters. The van der Waals surface area contributed by atoms with Gasteiger partial charge in [-0.1, -0.05) is 18.2 Å². The maximum absolute atomic E-state index is 12.5. The Morgan fingerprint density at radius 2 is 1.74 bits per heavy atom. The topological polar surface area (TPSA) is 77.0 Å². The third-order valence-electron chi connectivity index (χ3n) is 3.83. The first-order valence-corrected chi connectivity index (χ1v) is 9.13. The minimum atomic E-state index is -0.191. The van der Waals surface area contributed by atoms with Gasteiger partial charge in [0, 0.05) is 18.8 Å². The minimum absolute atomic E-state index is 0.0728.